The molecule has 0 unspecified atom stereocenters. The third-order valence-electron chi connectivity index (χ3n) is 1.63. The summed E-state index contributed by atoms with van der Waals surface area (Å²) < 4.78 is 37.4. The zero-order chi connectivity index (χ0) is 10.0. The molecule has 0 aliphatic carbocycles. The number of benzene rings is 1. The van der Waals surface area contributed by atoms with Gasteiger partial charge in [0, 0.05) is 5.56 Å². The first-order valence-electron chi connectivity index (χ1n) is 3.61. The van der Waals surface area contributed by atoms with Crippen LogP contribution in [0, 0.1) is 5.82 Å². The molecule has 0 atom stereocenters. The Balaban J connectivity index is 3.34. The summed E-state index contributed by atoms with van der Waals surface area (Å²) in [6.07, 6.45) is -2.82. The fraction of sp³-hybridized carbons (Fsp3) is 0.222. The monoisotopic (exact) mass is 188 g/mol. The summed E-state index contributed by atoms with van der Waals surface area (Å²) in [5.74, 6) is -1.58. The topological polar surface area (TPSA) is 17.1 Å². The second kappa shape index (κ2) is 3.60. The van der Waals surface area contributed by atoms with Crippen LogP contribution < -0.4 is 0 Å². The Morgan fingerprint density at radius 3 is 2.38 bits per heavy atom. The first-order chi connectivity index (χ1) is 6.04. The highest BCUT2D eigenvalue weighted by Crippen LogP contribution is 2.24. The third kappa shape index (κ3) is 1.88. The molecule has 0 radical (unpaired) electrons. The molecule has 1 nitrogen and oxygen atoms in total. The number of hydrogen-bond donors (Lipinski definition) is 0. The van der Waals surface area contributed by atoms with Crippen LogP contribution in [0.15, 0.2) is 18.2 Å². The van der Waals surface area contributed by atoms with Crippen LogP contribution in [0.3, 0.4) is 0 Å². The molecule has 1 aromatic carbocycles. The number of alkyl halides is 2. The third-order valence-corrected chi connectivity index (χ3v) is 1.63. The van der Waals surface area contributed by atoms with Crippen LogP contribution >= 0.6 is 0 Å². The van der Waals surface area contributed by atoms with Gasteiger partial charge in [0.15, 0.2) is 5.78 Å². The number of Topliss-reactive ketones (excluding diaryl/α,β-unsaturated/α-hetero) is 1. The summed E-state index contributed by atoms with van der Waals surface area (Å²) >= 11 is 0. The molecule has 0 fully saturated rings. The van der Waals surface area contributed by atoms with E-state index >= 15 is 0 Å². The summed E-state index contributed by atoms with van der Waals surface area (Å²) in [6.45, 7) is 1.06. The number of hydrogen-bond acceptors (Lipinski definition) is 1. The number of rotatable bonds is 2. The smallest absolute Gasteiger partial charge is 0.264 e. The van der Waals surface area contributed by atoms with Crippen LogP contribution in [-0.2, 0) is 0 Å². The van der Waals surface area contributed by atoms with Crippen molar-refractivity contribution in [2.45, 2.75) is 13.3 Å². The Labute approximate surface area is 73.2 Å². The van der Waals surface area contributed by atoms with Gasteiger partial charge in [-0.25, -0.2) is 13.2 Å². The van der Waals surface area contributed by atoms with Gasteiger partial charge >= 0.3 is 0 Å². The Bertz CT molecular complexity index is 334. The van der Waals surface area contributed by atoms with Gasteiger partial charge in [0.05, 0.1) is 5.56 Å². The van der Waals surface area contributed by atoms with E-state index in [0.717, 1.165) is 25.1 Å². The standard InChI is InChI=1S/C9H7F3O/c1-5(13)8-6(9(11)12)3-2-4-7(8)10/h2-4,9H,1H3. The van der Waals surface area contributed by atoms with Crippen LogP contribution in [-0.4, -0.2) is 5.78 Å². The quantitative estimate of drug-likeness (QED) is 0.652. The van der Waals surface area contributed by atoms with Gasteiger partial charge in [0.25, 0.3) is 6.43 Å². The molecule has 0 saturated heterocycles. The van der Waals surface area contributed by atoms with E-state index in [9.17, 15) is 18.0 Å². The van der Waals surface area contributed by atoms with Gasteiger partial charge in [-0.2, -0.15) is 0 Å². The average molecular weight is 188 g/mol. The number of halogens is 3. The van der Waals surface area contributed by atoms with Crippen molar-refractivity contribution >= 4 is 5.78 Å². The van der Waals surface area contributed by atoms with Gasteiger partial charge < -0.3 is 0 Å². The molecule has 70 valence electrons. The molecular weight excluding hydrogens is 181 g/mol. The van der Waals surface area contributed by atoms with Gasteiger partial charge in [-0.05, 0) is 13.0 Å². The van der Waals surface area contributed by atoms with Gasteiger partial charge in [0.1, 0.15) is 5.82 Å². The molecule has 0 aromatic heterocycles. The minimum absolute atomic E-state index is 0.516. The zero-order valence-electron chi connectivity index (χ0n) is 6.85. The molecule has 0 heterocycles. The molecule has 1 rings (SSSR count). The molecule has 1 aromatic rings. The van der Waals surface area contributed by atoms with E-state index in [1.54, 1.807) is 0 Å². The van der Waals surface area contributed by atoms with Gasteiger partial charge in [0.2, 0.25) is 0 Å². The Kier molecular flexibility index (Phi) is 2.70. The molecule has 0 bridgehead atoms. The van der Waals surface area contributed by atoms with E-state index in [1.165, 1.54) is 0 Å². The van der Waals surface area contributed by atoms with Crippen LogP contribution in [0.5, 0.6) is 0 Å². The van der Waals surface area contributed by atoms with Crippen LogP contribution in [0.2, 0.25) is 0 Å². The maximum Gasteiger partial charge on any atom is 0.264 e. The van der Waals surface area contributed by atoms with Crippen molar-refractivity contribution in [1.82, 2.24) is 0 Å². The summed E-state index contributed by atoms with van der Waals surface area (Å²) in [7, 11) is 0. The lowest BCUT2D eigenvalue weighted by atomic mass is 10.0. The lowest BCUT2D eigenvalue weighted by molar-refractivity contribution is 0.0994. The highest BCUT2D eigenvalue weighted by atomic mass is 19.3. The van der Waals surface area contributed by atoms with Gasteiger partial charge in [-0.1, -0.05) is 12.1 Å². The summed E-state index contributed by atoms with van der Waals surface area (Å²) in [6, 6.07) is 3.19. The van der Waals surface area contributed by atoms with Gasteiger partial charge in [-0.3, -0.25) is 4.79 Å². The Morgan fingerprint density at radius 2 is 2.00 bits per heavy atom. The summed E-state index contributed by atoms with van der Waals surface area (Å²) in [4.78, 5) is 10.8. The van der Waals surface area contributed by atoms with E-state index in [-0.39, 0.29) is 0 Å². The lowest BCUT2D eigenvalue weighted by Crippen LogP contribution is -2.03. The highest BCUT2D eigenvalue weighted by Gasteiger charge is 2.18. The molecule has 0 spiro atoms. The van der Waals surface area contributed by atoms with Crippen molar-refractivity contribution < 1.29 is 18.0 Å². The second-order valence-corrected chi connectivity index (χ2v) is 2.56. The van der Waals surface area contributed by atoms with Gasteiger partial charge in [-0.15, -0.1) is 0 Å². The van der Waals surface area contributed by atoms with E-state index < -0.39 is 29.2 Å². The lowest BCUT2D eigenvalue weighted by Gasteiger charge is -2.05. The first-order valence-corrected chi connectivity index (χ1v) is 3.61. The van der Waals surface area contributed by atoms with Crippen molar-refractivity contribution in [3.05, 3.63) is 35.1 Å². The van der Waals surface area contributed by atoms with E-state index in [2.05, 4.69) is 0 Å². The van der Waals surface area contributed by atoms with Crippen molar-refractivity contribution in [3.63, 3.8) is 0 Å². The molecule has 4 heteroatoms. The molecule has 0 saturated carbocycles. The predicted octanol–water partition coefficient (Wildman–Crippen LogP) is 2.97. The minimum atomic E-state index is -2.82. The molecule has 0 aliphatic rings. The van der Waals surface area contributed by atoms with E-state index in [1.807, 2.05) is 0 Å². The summed E-state index contributed by atoms with van der Waals surface area (Å²) in [5.41, 5.74) is -1.06. The first kappa shape index (κ1) is 9.77. The fourth-order valence-corrected chi connectivity index (χ4v) is 1.09. The second-order valence-electron chi connectivity index (χ2n) is 2.56. The number of carbonyl (C=O) groups excluding carboxylic acids is 1. The van der Waals surface area contributed by atoms with E-state index in [4.69, 9.17) is 0 Å². The van der Waals surface area contributed by atoms with Crippen LogP contribution in [0.4, 0.5) is 13.2 Å². The minimum Gasteiger partial charge on any atom is -0.294 e. The normalized spacial score (nSPS) is 10.5. The Hall–Kier alpha value is -1.32. The maximum absolute atomic E-state index is 12.9. The molecule has 0 amide bonds. The average Bonchev–Trinajstić information content (AvgIpc) is 2.02. The zero-order valence-corrected chi connectivity index (χ0v) is 6.85. The molecule has 0 aliphatic heterocycles. The molecular formula is C9H7F3O. The SMILES string of the molecule is CC(=O)c1c(F)cccc1C(F)F. The van der Waals surface area contributed by atoms with Crippen molar-refractivity contribution in [2.24, 2.45) is 0 Å². The van der Waals surface area contributed by atoms with Crippen LogP contribution in [0.25, 0.3) is 0 Å². The number of ketones is 1. The molecule has 13 heavy (non-hydrogen) atoms. The largest absolute Gasteiger partial charge is 0.294 e. The number of carbonyl (C=O) groups is 1. The molecule has 0 N–H and O–H groups in total. The van der Waals surface area contributed by atoms with Crippen LogP contribution in [0.1, 0.15) is 29.3 Å². The Morgan fingerprint density at radius 1 is 1.38 bits per heavy atom. The maximum atomic E-state index is 12.9. The van der Waals surface area contributed by atoms with E-state index in [0.29, 0.717) is 0 Å². The summed E-state index contributed by atoms with van der Waals surface area (Å²) in [5, 5.41) is 0. The predicted molar refractivity (Wildman–Crippen MR) is 41.4 cm³/mol. The van der Waals surface area contributed by atoms with Crippen molar-refractivity contribution in [2.75, 3.05) is 0 Å². The van der Waals surface area contributed by atoms with Crippen molar-refractivity contribution in [1.29, 1.82) is 0 Å². The fourth-order valence-electron chi connectivity index (χ4n) is 1.09. The van der Waals surface area contributed by atoms with Crippen molar-refractivity contribution in [3.8, 4) is 0 Å². The highest BCUT2D eigenvalue weighted by molar-refractivity contribution is 5.95.